The number of ether oxygens (including phenoxy) is 1. The van der Waals surface area contributed by atoms with Crippen LogP contribution in [0.4, 0.5) is 0 Å². The molecule has 1 aromatic carbocycles. The largest absolute Gasteiger partial charge is 0.459 e. The summed E-state index contributed by atoms with van der Waals surface area (Å²) in [4.78, 5) is 26.2. The van der Waals surface area contributed by atoms with Crippen molar-refractivity contribution < 1.29 is 19.4 Å². The summed E-state index contributed by atoms with van der Waals surface area (Å²) in [6.07, 6.45) is -0.308. The Morgan fingerprint density at radius 2 is 1.91 bits per heavy atom. The fourth-order valence-corrected chi connectivity index (χ4v) is 2.57. The first-order chi connectivity index (χ1) is 10.3. The lowest BCUT2D eigenvalue weighted by atomic mass is 10.1. The summed E-state index contributed by atoms with van der Waals surface area (Å²) in [5.74, 6) is -0.451. The first-order valence-electron chi connectivity index (χ1n) is 7.49. The Balaban J connectivity index is 2.05. The molecule has 0 radical (unpaired) electrons. The van der Waals surface area contributed by atoms with E-state index in [1.54, 1.807) is 49.9 Å². The minimum atomic E-state index is -0.610. The zero-order chi connectivity index (χ0) is 16.3. The Labute approximate surface area is 130 Å². The van der Waals surface area contributed by atoms with Crippen molar-refractivity contribution in [2.24, 2.45) is 0 Å². The minimum Gasteiger partial charge on any atom is -0.459 e. The monoisotopic (exact) mass is 305 g/mol. The quantitative estimate of drug-likeness (QED) is 0.677. The van der Waals surface area contributed by atoms with Crippen LogP contribution >= 0.6 is 0 Å². The molecule has 1 aliphatic heterocycles. The summed E-state index contributed by atoms with van der Waals surface area (Å²) in [6, 6.07) is 8.38. The van der Waals surface area contributed by atoms with E-state index in [1.807, 2.05) is 6.07 Å². The van der Waals surface area contributed by atoms with Gasteiger partial charge in [0.05, 0.1) is 12.6 Å². The summed E-state index contributed by atoms with van der Waals surface area (Å²) in [6.45, 7) is 5.81. The highest BCUT2D eigenvalue weighted by atomic mass is 16.6. The Morgan fingerprint density at radius 3 is 2.50 bits per heavy atom. The van der Waals surface area contributed by atoms with Crippen LogP contribution < -0.4 is 0 Å². The number of Topliss-reactive ketones (excluding diaryl/α,β-unsaturated/α-hetero) is 1. The van der Waals surface area contributed by atoms with Crippen LogP contribution in [0.2, 0.25) is 0 Å². The third-order valence-corrected chi connectivity index (χ3v) is 3.50. The summed E-state index contributed by atoms with van der Waals surface area (Å²) in [7, 11) is 0. The lowest BCUT2D eigenvalue weighted by Gasteiger charge is -2.26. The number of carbonyl (C=O) groups is 2. The molecule has 2 rings (SSSR count). The Kier molecular flexibility index (Phi) is 4.98. The lowest BCUT2D eigenvalue weighted by molar-refractivity contribution is -0.160. The number of esters is 1. The van der Waals surface area contributed by atoms with E-state index in [9.17, 15) is 14.7 Å². The molecule has 1 aliphatic rings. The molecule has 120 valence electrons. The first-order valence-corrected chi connectivity index (χ1v) is 7.49. The molecule has 0 unspecified atom stereocenters. The van der Waals surface area contributed by atoms with E-state index in [1.165, 1.54) is 0 Å². The van der Waals surface area contributed by atoms with Gasteiger partial charge in [0, 0.05) is 18.5 Å². The van der Waals surface area contributed by atoms with Crippen molar-refractivity contribution in [3.05, 3.63) is 35.9 Å². The number of likely N-dealkylation sites (tertiary alicyclic amines) is 1. The van der Waals surface area contributed by atoms with Crippen molar-refractivity contribution in [1.29, 1.82) is 0 Å². The molecule has 1 fully saturated rings. The Hall–Kier alpha value is -1.72. The highest BCUT2D eigenvalue weighted by Gasteiger charge is 2.39. The molecule has 1 aromatic rings. The number of β-amino-alcohol motifs (C(OH)–C–C–N with tert-alkyl or cyclic N) is 1. The van der Waals surface area contributed by atoms with Gasteiger partial charge in [0.25, 0.3) is 0 Å². The van der Waals surface area contributed by atoms with Gasteiger partial charge in [0.2, 0.25) is 0 Å². The summed E-state index contributed by atoms with van der Waals surface area (Å²) >= 11 is 0. The third kappa shape index (κ3) is 4.39. The second kappa shape index (κ2) is 6.58. The summed E-state index contributed by atoms with van der Waals surface area (Å²) in [5.41, 5.74) is 0.0199. The van der Waals surface area contributed by atoms with Gasteiger partial charge in [-0.05, 0) is 20.8 Å². The molecule has 5 heteroatoms. The molecule has 0 aromatic heterocycles. The highest BCUT2D eigenvalue weighted by Crippen LogP contribution is 2.22. The number of aliphatic hydroxyl groups is 1. The van der Waals surface area contributed by atoms with E-state index in [0.29, 0.717) is 18.5 Å². The van der Waals surface area contributed by atoms with Gasteiger partial charge in [0.15, 0.2) is 5.78 Å². The van der Waals surface area contributed by atoms with Crippen LogP contribution in [-0.4, -0.2) is 52.6 Å². The van der Waals surface area contributed by atoms with Crippen LogP contribution in [0.15, 0.2) is 30.3 Å². The molecular weight excluding hydrogens is 282 g/mol. The average molecular weight is 305 g/mol. The molecule has 1 heterocycles. The molecule has 1 N–H and O–H groups in total. The van der Waals surface area contributed by atoms with Crippen molar-refractivity contribution in [2.45, 2.75) is 44.9 Å². The van der Waals surface area contributed by atoms with Gasteiger partial charge >= 0.3 is 5.97 Å². The smallest absolute Gasteiger partial charge is 0.323 e. The van der Waals surface area contributed by atoms with Crippen molar-refractivity contribution >= 4 is 11.8 Å². The standard InChI is InChI=1S/C17H23NO4/c1-17(2,3)22-16(21)14-9-13(19)10-18(14)11-15(20)12-7-5-4-6-8-12/h4-8,13-14,19H,9-11H2,1-3H3/t13-,14-/m0/s1. The molecule has 5 nitrogen and oxygen atoms in total. The molecule has 0 bridgehead atoms. The van der Waals surface area contributed by atoms with Crippen LogP contribution in [0.25, 0.3) is 0 Å². The van der Waals surface area contributed by atoms with Gasteiger partial charge in [-0.3, -0.25) is 14.5 Å². The molecule has 0 aliphatic carbocycles. The number of benzene rings is 1. The van der Waals surface area contributed by atoms with Crippen LogP contribution in [0, 0.1) is 0 Å². The van der Waals surface area contributed by atoms with Gasteiger partial charge in [-0.15, -0.1) is 0 Å². The van der Waals surface area contributed by atoms with E-state index in [-0.39, 0.29) is 18.3 Å². The van der Waals surface area contributed by atoms with Gasteiger partial charge in [-0.2, -0.15) is 0 Å². The topological polar surface area (TPSA) is 66.8 Å². The maximum atomic E-state index is 12.3. The first kappa shape index (κ1) is 16.6. The van der Waals surface area contributed by atoms with Gasteiger partial charge in [0.1, 0.15) is 11.6 Å². The summed E-state index contributed by atoms with van der Waals surface area (Å²) in [5, 5.41) is 9.84. The molecule has 0 saturated carbocycles. The van der Waals surface area contributed by atoms with E-state index in [2.05, 4.69) is 0 Å². The van der Waals surface area contributed by atoms with Crippen molar-refractivity contribution in [2.75, 3.05) is 13.1 Å². The van der Waals surface area contributed by atoms with Crippen LogP contribution in [-0.2, 0) is 9.53 Å². The lowest BCUT2D eigenvalue weighted by Crippen LogP contribution is -2.42. The molecule has 2 atom stereocenters. The second-order valence-corrected chi connectivity index (χ2v) is 6.66. The van der Waals surface area contributed by atoms with Crippen molar-refractivity contribution in [3.63, 3.8) is 0 Å². The molecule has 1 saturated heterocycles. The Morgan fingerprint density at radius 1 is 1.27 bits per heavy atom. The van der Waals surface area contributed by atoms with E-state index < -0.39 is 17.7 Å². The number of aliphatic hydroxyl groups excluding tert-OH is 1. The summed E-state index contributed by atoms with van der Waals surface area (Å²) < 4.78 is 5.38. The van der Waals surface area contributed by atoms with Gasteiger partial charge in [-0.1, -0.05) is 30.3 Å². The van der Waals surface area contributed by atoms with Crippen LogP contribution in [0.5, 0.6) is 0 Å². The van der Waals surface area contributed by atoms with Gasteiger partial charge in [-0.25, -0.2) is 0 Å². The highest BCUT2D eigenvalue weighted by molar-refractivity contribution is 5.97. The van der Waals surface area contributed by atoms with E-state index >= 15 is 0 Å². The van der Waals surface area contributed by atoms with E-state index in [0.717, 1.165) is 0 Å². The maximum Gasteiger partial charge on any atom is 0.323 e. The SMILES string of the molecule is CC(C)(C)OC(=O)[C@@H]1C[C@H](O)CN1CC(=O)c1ccccc1. The number of hydrogen-bond acceptors (Lipinski definition) is 5. The number of rotatable bonds is 4. The molecule has 22 heavy (non-hydrogen) atoms. The van der Waals surface area contributed by atoms with Gasteiger partial charge < -0.3 is 9.84 Å². The third-order valence-electron chi connectivity index (χ3n) is 3.50. The molecular formula is C17H23NO4. The van der Waals surface area contributed by atoms with Crippen molar-refractivity contribution in [1.82, 2.24) is 4.90 Å². The van der Waals surface area contributed by atoms with Crippen molar-refractivity contribution in [3.8, 4) is 0 Å². The minimum absolute atomic E-state index is 0.0664. The van der Waals surface area contributed by atoms with E-state index in [4.69, 9.17) is 4.74 Å². The number of carbonyl (C=O) groups excluding carboxylic acids is 2. The van der Waals surface area contributed by atoms with Crippen LogP contribution in [0.3, 0.4) is 0 Å². The Bertz CT molecular complexity index is 535. The molecule has 0 amide bonds. The zero-order valence-electron chi connectivity index (χ0n) is 13.3. The number of ketones is 1. The molecule has 0 spiro atoms. The average Bonchev–Trinajstić information content (AvgIpc) is 2.79. The maximum absolute atomic E-state index is 12.3. The fraction of sp³-hybridized carbons (Fsp3) is 0.529. The zero-order valence-corrected chi connectivity index (χ0v) is 13.3. The fourth-order valence-electron chi connectivity index (χ4n) is 2.57. The predicted molar refractivity (Wildman–Crippen MR) is 82.6 cm³/mol. The normalized spacial score (nSPS) is 22.5. The van der Waals surface area contributed by atoms with Crippen LogP contribution in [0.1, 0.15) is 37.6 Å². The predicted octanol–water partition coefficient (Wildman–Crippen LogP) is 1.65. The number of hydrogen-bond donors (Lipinski definition) is 1. The number of nitrogens with zero attached hydrogens (tertiary/aromatic N) is 1. The second-order valence-electron chi connectivity index (χ2n) is 6.66.